The molecule has 0 bridgehead atoms. The van der Waals surface area contributed by atoms with Crippen molar-refractivity contribution in [2.75, 3.05) is 0 Å². The first-order valence-corrected chi connectivity index (χ1v) is 9.01. The van der Waals surface area contributed by atoms with Gasteiger partial charge < -0.3 is 9.47 Å². The van der Waals surface area contributed by atoms with Crippen LogP contribution in [-0.4, -0.2) is 27.9 Å². The minimum atomic E-state index is -0.361. The van der Waals surface area contributed by atoms with Crippen molar-refractivity contribution in [3.8, 4) is 5.75 Å². The van der Waals surface area contributed by atoms with Gasteiger partial charge in [-0.1, -0.05) is 12.1 Å². The molecule has 2 amide bonds. The molecule has 1 aromatic carbocycles. The van der Waals surface area contributed by atoms with Gasteiger partial charge in [-0.3, -0.25) is 14.5 Å². The highest BCUT2D eigenvalue weighted by molar-refractivity contribution is 6.13. The fourth-order valence-corrected chi connectivity index (χ4v) is 3.56. The Balaban J connectivity index is 2.06. The lowest BCUT2D eigenvalue weighted by Crippen LogP contribution is -2.33. The van der Waals surface area contributed by atoms with E-state index >= 15 is 0 Å². The maximum atomic E-state index is 12.2. The smallest absolute Gasteiger partial charge is 0.254 e. The van der Waals surface area contributed by atoms with E-state index in [9.17, 15) is 9.59 Å². The number of hydrogen-bond donors (Lipinski definition) is 0. The van der Waals surface area contributed by atoms with Gasteiger partial charge in [0, 0.05) is 24.1 Å². The van der Waals surface area contributed by atoms with Gasteiger partial charge in [0.15, 0.2) is 0 Å². The van der Waals surface area contributed by atoms with Gasteiger partial charge in [0.05, 0.1) is 17.7 Å². The Hall–Kier alpha value is -2.14. The molecule has 1 aliphatic heterocycles. The Morgan fingerprint density at radius 3 is 2.12 bits per heavy atom. The van der Waals surface area contributed by atoms with Crippen molar-refractivity contribution in [1.29, 1.82) is 0 Å². The second-order valence-corrected chi connectivity index (χ2v) is 8.82. The third kappa shape index (κ3) is 3.68. The van der Waals surface area contributed by atoms with E-state index in [1.54, 1.807) is 0 Å². The predicted octanol–water partition coefficient (Wildman–Crippen LogP) is 4.09. The molecule has 2 aliphatic rings. The van der Waals surface area contributed by atoms with Crippen LogP contribution in [0.4, 0.5) is 0 Å². The number of ether oxygens (including phenoxy) is 2. The molecule has 0 aromatic heterocycles. The summed E-state index contributed by atoms with van der Waals surface area (Å²) in [5.41, 5.74) is 1.14. The number of benzene rings is 1. The van der Waals surface area contributed by atoms with E-state index in [2.05, 4.69) is 0 Å². The van der Waals surface area contributed by atoms with Crippen molar-refractivity contribution >= 4 is 11.8 Å². The first-order valence-electron chi connectivity index (χ1n) is 9.01. The van der Waals surface area contributed by atoms with E-state index in [1.807, 2.05) is 59.7 Å². The van der Waals surface area contributed by atoms with E-state index in [-0.39, 0.29) is 35.2 Å². The highest BCUT2D eigenvalue weighted by Gasteiger charge is 2.43. The molecule has 3 rings (SSSR count). The number of nitrogens with zero attached hydrogens (tertiary/aromatic N) is 1. The molecule has 5 heteroatoms. The number of hydrogen-bond acceptors (Lipinski definition) is 4. The molecule has 5 nitrogen and oxygen atoms in total. The van der Waals surface area contributed by atoms with E-state index in [4.69, 9.17) is 9.47 Å². The highest BCUT2D eigenvalue weighted by atomic mass is 16.5. The second kappa shape index (κ2) is 6.23. The molecule has 2 atom stereocenters. The van der Waals surface area contributed by atoms with Crippen LogP contribution in [-0.2, 0) is 14.3 Å². The lowest BCUT2D eigenvalue weighted by Gasteiger charge is -2.28. The van der Waals surface area contributed by atoms with Crippen LogP contribution in [0.2, 0.25) is 0 Å². The topological polar surface area (TPSA) is 55.8 Å². The summed E-state index contributed by atoms with van der Waals surface area (Å²) in [4.78, 5) is 25.8. The van der Waals surface area contributed by atoms with Crippen LogP contribution in [0.1, 0.15) is 71.2 Å². The van der Waals surface area contributed by atoms with Gasteiger partial charge in [-0.2, -0.15) is 0 Å². The minimum Gasteiger partial charge on any atom is -0.488 e. The molecule has 1 heterocycles. The number of carbonyl (C=O) groups excluding carboxylic acids is 2. The Kier molecular flexibility index (Phi) is 4.47. The fraction of sp³-hybridized carbons (Fsp3) is 0.524. The summed E-state index contributed by atoms with van der Waals surface area (Å²) < 4.78 is 12.5. The maximum Gasteiger partial charge on any atom is 0.254 e. The number of fused-ring (bicyclic) bond motifs is 1. The van der Waals surface area contributed by atoms with Gasteiger partial charge in [0.2, 0.25) is 0 Å². The van der Waals surface area contributed by atoms with Gasteiger partial charge in [-0.25, -0.2) is 0 Å². The molecular weight excluding hydrogens is 330 g/mol. The molecule has 140 valence electrons. The zero-order valence-electron chi connectivity index (χ0n) is 16.3. The SMILES string of the molecule is CC(C)(C)Oc1cccc2c1[C@@H](OC(C)(C)C)C[C@@H]2N1C(=O)C=CC1=O. The Bertz CT molecular complexity index is 749. The van der Waals surface area contributed by atoms with Crippen molar-refractivity contribution in [3.63, 3.8) is 0 Å². The lowest BCUT2D eigenvalue weighted by atomic mass is 10.0. The zero-order valence-corrected chi connectivity index (χ0v) is 16.3. The Morgan fingerprint density at radius 1 is 0.962 bits per heavy atom. The Labute approximate surface area is 155 Å². The molecule has 0 saturated carbocycles. The highest BCUT2D eigenvalue weighted by Crippen LogP contribution is 2.50. The summed E-state index contributed by atoms with van der Waals surface area (Å²) in [6.07, 6.45) is 2.95. The maximum absolute atomic E-state index is 12.2. The van der Waals surface area contributed by atoms with E-state index in [0.29, 0.717) is 6.42 Å². The van der Waals surface area contributed by atoms with E-state index in [1.165, 1.54) is 17.1 Å². The summed E-state index contributed by atoms with van der Waals surface area (Å²) in [5, 5.41) is 0. The number of carbonyl (C=O) groups is 2. The van der Waals surface area contributed by atoms with Crippen LogP contribution in [0.3, 0.4) is 0 Å². The zero-order chi connectivity index (χ0) is 19.3. The molecule has 0 radical (unpaired) electrons. The van der Waals surface area contributed by atoms with Crippen molar-refractivity contribution in [2.45, 2.75) is 71.3 Å². The molecule has 1 aliphatic carbocycles. The monoisotopic (exact) mass is 357 g/mol. The molecule has 0 spiro atoms. The third-order valence-corrected chi connectivity index (χ3v) is 4.29. The molecule has 26 heavy (non-hydrogen) atoms. The van der Waals surface area contributed by atoms with Crippen LogP contribution in [0.5, 0.6) is 5.75 Å². The van der Waals surface area contributed by atoms with Crippen molar-refractivity contribution < 1.29 is 19.1 Å². The van der Waals surface area contributed by atoms with Crippen molar-refractivity contribution in [1.82, 2.24) is 4.90 Å². The normalized spacial score (nSPS) is 22.9. The third-order valence-electron chi connectivity index (χ3n) is 4.29. The number of amides is 2. The van der Waals surface area contributed by atoms with Gasteiger partial charge in [-0.15, -0.1) is 0 Å². The molecule has 0 fully saturated rings. The summed E-state index contributed by atoms with van der Waals surface area (Å²) in [6.45, 7) is 12.0. The van der Waals surface area contributed by atoms with Gasteiger partial charge in [-0.05, 0) is 53.2 Å². The summed E-state index contributed by atoms with van der Waals surface area (Å²) >= 11 is 0. The number of rotatable bonds is 3. The standard InChI is InChI=1S/C21H27NO4/c1-20(2,3)25-15-9-7-8-13-14(22-17(23)10-11-18(22)24)12-16(19(13)15)26-21(4,5)6/h7-11,14,16H,12H2,1-6H3/t14-,16-/m0/s1. The van der Waals surface area contributed by atoms with E-state index in [0.717, 1.165) is 16.9 Å². The van der Waals surface area contributed by atoms with Crippen molar-refractivity contribution in [2.24, 2.45) is 0 Å². The molecular formula is C21H27NO4. The van der Waals surface area contributed by atoms with Crippen LogP contribution >= 0.6 is 0 Å². The Morgan fingerprint density at radius 2 is 1.58 bits per heavy atom. The minimum absolute atomic E-state index is 0.241. The fourth-order valence-electron chi connectivity index (χ4n) is 3.56. The number of imide groups is 1. The lowest BCUT2D eigenvalue weighted by molar-refractivity contribution is -0.140. The summed E-state index contributed by atoms with van der Waals surface area (Å²) in [5.74, 6) is 0.202. The average Bonchev–Trinajstić information content (AvgIpc) is 2.97. The average molecular weight is 357 g/mol. The molecule has 0 N–H and O–H groups in total. The van der Waals surface area contributed by atoms with Gasteiger partial charge >= 0.3 is 0 Å². The second-order valence-electron chi connectivity index (χ2n) is 8.82. The van der Waals surface area contributed by atoms with Crippen LogP contribution < -0.4 is 4.74 Å². The van der Waals surface area contributed by atoms with Crippen LogP contribution in [0.15, 0.2) is 30.4 Å². The summed E-state index contributed by atoms with van der Waals surface area (Å²) in [6, 6.07) is 5.46. The van der Waals surface area contributed by atoms with Crippen LogP contribution in [0.25, 0.3) is 0 Å². The first-order chi connectivity index (χ1) is 12.0. The van der Waals surface area contributed by atoms with Crippen molar-refractivity contribution in [3.05, 3.63) is 41.5 Å². The molecule has 0 saturated heterocycles. The first kappa shape index (κ1) is 18.6. The predicted molar refractivity (Wildman–Crippen MR) is 98.8 cm³/mol. The quantitative estimate of drug-likeness (QED) is 0.765. The van der Waals surface area contributed by atoms with Crippen LogP contribution in [0, 0.1) is 0 Å². The van der Waals surface area contributed by atoms with Gasteiger partial charge in [0.25, 0.3) is 11.8 Å². The largest absolute Gasteiger partial charge is 0.488 e. The van der Waals surface area contributed by atoms with E-state index < -0.39 is 0 Å². The summed E-state index contributed by atoms with van der Waals surface area (Å²) in [7, 11) is 0. The molecule has 1 aromatic rings. The van der Waals surface area contributed by atoms with Gasteiger partial charge in [0.1, 0.15) is 11.4 Å². The molecule has 0 unspecified atom stereocenters.